The molecule has 0 saturated carbocycles. The lowest BCUT2D eigenvalue weighted by Gasteiger charge is -2.07. The first-order chi connectivity index (χ1) is 14.3. The summed E-state index contributed by atoms with van der Waals surface area (Å²) < 4.78 is 0. The Kier molecular flexibility index (Phi) is 17.7. The third-order valence-electron chi connectivity index (χ3n) is 5.57. The highest BCUT2D eigenvalue weighted by Crippen LogP contribution is 2.12. The Bertz CT molecular complexity index is 475. The molecule has 166 valence electrons. The van der Waals surface area contributed by atoms with Crippen LogP contribution in [0.5, 0.6) is 0 Å². The minimum Gasteiger partial charge on any atom is -0.355 e. The SMILES string of the molecule is CCCCCCCCCCCCCCCCNC(=O)CNCCc1ccccc1. The van der Waals surface area contributed by atoms with E-state index in [1.54, 1.807) is 0 Å². The van der Waals surface area contributed by atoms with Gasteiger partial charge in [-0.25, -0.2) is 0 Å². The molecule has 0 heterocycles. The summed E-state index contributed by atoms with van der Waals surface area (Å²) in [4.78, 5) is 11.8. The molecule has 1 rings (SSSR count). The average molecular weight is 403 g/mol. The maximum Gasteiger partial charge on any atom is 0.233 e. The molecular formula is C26H46N2O. The Labute approximate surface area is 180 Å². The number of carbonyl (C=O) groups excluding carboxylic acids is 1. The Hall–Kier alpha value is -1.35. The Morgan fingerprint density at radius 3 is 1.76 bits per heavy atom. The van der Waals surface area contributed by atoms with Gasteiger partial charge in [-0.15, -0.1) is 0 Å². The van der Waals surface area contributed by atoms with Crippen LogP contribution in [-0.4, -0.2) is 25.5 Å². The summed E-state index contributed by atoms with van der Waals surface area (Å²) >= 11 is 0. The second-order valence-corrected chi connectivity index (χ2v) is 8.36. The van der Waals surface area contributed by atoms with Crippen LogP contribution in [0.25, 0.3) is 0 Å². The summed E-state index contributed by atoms with van der Waals surface area (Å²) in [6, 6.07) is 10.4. The van der Waals surface area contributed by atoms with E-state index in [1.807, 2.05) is 6.07 Å². The second-order valence-electron chi connectivity index (χ2n) is 8.36. The summed E-state index contributed by atoms with van der Waals surface area (Å²) in [5.41, 5.74) is 1.31. The van der Waals surface area contributed by atoms with Gasteiger partial charge >= 0.3 is 0 Å². The van der Waals surface area contributed by atoms with Crippen molar-refractivity contribution in [3.05, 3.63) is 35.9 Å². The predicted molar refractivity (Wildman–Crippen MR) is 126 cm³/mol. The van der Waals surface area contributed by atoms with Gasteiger partial charge in [0.1, 0.15) is 0 Å². The fraction of sp³-hybridized carbons (Fsp3) is 0.731. The quantitative estimate of drug-likeness (QED) is 0.247. The molecule has 0 radical (unpaired) electrons. The standard InChI is InChI=1S/C26H46N2O/c1-2-3-4-5-6-7-8-9-10-11-12-13-14-18-22-28-26(29)24-27-23-21-25-19-16-15-17-20-25/h15-17,19-20,27H,2-14,18,21-24H2,1H3,(H,28,29). The van der Waals surface area contributed by atoms with E-state index in [2.05, 4.69) is 41.8 Å². The van der Waals surface area contributed by atoms with Crippen LogP contribution in [0.15, 0.2) is 30.3 Å². The zero-order valence-corrected chi connectivity index (χ0v) is 19.0. The van der Waals surface area contributed by atoms with E-state index in [9.17, 15) is 4.79 Å². The normalized spacial score (nSPS) is 10.9. The number of benzene rings is 1. The van der Waals surface area contributed by atoms with Gasteiger partial charge in [-0.3, -0.25) is 4.79 Å². The first-order valence-electron chi connectivity index (χ1n) is 12.3. The lowest BCUT2D eigenvalue weighted by atomic mass is 10.0. The number of hydrogen-bond acceptors (Lipinski definition) is 2. The third-order valence-corrected chi connectivity index (χ3v) is 5.57. The van der Waals surface area contributed by atoms with Crippen molar-refractivity contribution < 1.29 is 4.79 Å². The van der Waals surface area contributed by atoms with Crippen molar-refractivity contribution in [2.24, 2.45) is 0 Å². The molecule has 3 nitrogen and oxygen atoms in total. The van der Waals surface area contributed by atoms with E-state index >= 15 is 0 Å². The van der Waals surface area contributed by atoms with Crippen molar-refractivity contribution in [1.82, 2.24) is 10.6 Å². The van der Waals surface area contributed by atoms with Crippen molar-refractivity contribution in [3.63, 3.8) is 0 Å². The van der Waals surface area contributed by atoms with Gasteiger partial charge in [0.05, 0.1) is 6.54 Å². The molecular weight excluding hydrogens is 356 g/mol. The fourth-order valence-corrected chi connectivity index (χ4v) is 3.69. The first kappa shape index (κ1) is 25.7. The maximum absolute atomic E-state index is 11.8. The van der Waals surface area contributed by atoms with Crippen molar-refractivity contribution in [1.29, 1.82) is 0 Å². The fourth-order valence-electron chi connectivity index (χ4n) is 3.69. The van der Waals surface area contributed by atoms with Crippen LogP contribution >= 0.6 is 0 Å². The van der Waals surface area contributed by atoms with Crippen molar-refractivity contribution >= 4 is 5.91 Å². The molecule has 0 unspecified atom stereocenters. The molecule has 29 heavy (non-hydrogen) atoms. The number of hydrogen-bond donors (Lipinski definition) is 2. The highest BCUT2D eigenvalue weighted by atomic mass is 16.1. The second kappa shape index (κ2) is 19.9. The lowest BCUT2D eigenvalue weighted by molar-refractivity contribution is -0.120. The highest BCUT2D eigenvalue weighted by molar-refractivity contribution is 5.77. The Balaban J connectivity index is 1.75. The number of nitrogens with one attached hydrogen (secondary N) is 2. The van der Waals surface area contributed by atoms with Gasteiger partial charge in [-0.1, -0.05) is 121 Å². The average Bonchev–Trinajstić information content (AvgIpc) is 2.75. The molecule has 0 saturated heterocycles. The molecule has 0 fully saturated rings. The van der Waals surface area contributed by atoms with Crippen LogP contribution < -0.4 is 10.6 Å². The Morgan fingerprint density at radius 2 is 1.21 bits per heavy atom. The van der Waals surface area contributed by atoms with Crippen LogP contribution in [0.4, 0.5) is 0 Å². The summed E-state index contributed by atoms with van der Waals surface area (Å²) in [5.74, 6) is 0.118. The van der Waals surface area contributed by atoms with Gasteiger partial charge in [0, 0.05) is 6.54 Å². The van der Waals surface area contributed by atoms with Crippen molar-refractivity contribution in [2.75, 3.05) is 19.6 Å². The first-order valence-corrected chi connectivity index (χ1v) is 12.3. The van der Waals surface area contributed by atoms with Gasteiger partial charge in [-0.2, -0.15) is 0 Å². The molecule has 1 aromatic carbocycles. The van der Waals surface area contributed by atoms with Crippen molar-refractivity contribution in [3.8, 4) is 0 Å². The smallest absolute Gasteiger partial charge is 0.233 e. The molecule has 3 heteroatoms. The van der Waals surface area contributed by atoms with Gasteiger partial charge in [0.2, 0.25) is 5.91 Å². The summed E-state index contributed by atoms with van der Waals surface area (Å²) in [5, 5.41) is 6.25. The zero-order valence-electron chi connectivity index (χ0n) is 19.0. The predicted octanol–water partition coefficient (Wildman–Crippen LogP) is 6.42. The molecule has 1 amide bonds. The van der Waals surface area contributed by atoms with Crippen molar-refractivity contribution in [2.45, 2.75) is 103 Å². The topological polar surface area (TPSA) is 41.1 Å². The van der Waals surface area contributed by atoms with Crippen LogP contribution in [-0.2, 0) is 11.2 Å². The summed E-state index contributed by atoms with van der Waals surface area (Å²) in [6.45, 7) is 4.36. The molecule has 0 aromatic heterocycles. The number of amides is 1. The largest absolute Gasteiger partial charge is 0.355 e. The zero-order chi connectivity index (χ0) is 20.8. The van der Waals surface area contributed by atoms with E-state index in [0.29, 0.717) is 6.54 Å². The van der Waals surface area contributed by atoms with Crippen LogP contribution in [0.3, 0.4) is 0 Å². The molecule has 0 bridgehead atoms. The number of carbonyl (C=O) groups is 1. The van der Waals surface area contributed by atoms with Gasteiger partial charge in [0.15, 0.2) is 0 Å². The minimum atomic E-state index is 0.118. The van der Waals surface area contributed by atoms with E-state index < -0.39 is 0 Å². The number of rotatable bonds is 20. The number of unbranched alkanes of at least 4 members (excludes halogenated alkanes) is 13. The molecule has 0 aliphatic carbocycles. The minimum absolute atomic E-state index is 0.118. The summed E-state index contributed by atoms with van der Waals surface area (Å²) in [6.07, 6.45) is 20.1. The van der Waals surface area contributed by atoms with Crippen LogP contribution in [0.1, 0.15) is 102 Å². The molecule has 0 spiro atoms. The van der Waals surface area contributed by atoms with E-state index in [1.165, 1.54) is 89.0 Å². The van der Waals surface area contributed by atoms with E-state index in [-0.39, 0.29) is 5.91 Å². The monoisotopic (exact) mass is 402 g/mol. The van der Waals surface area contributed by atoms with Gasteiger partial charge in [0.25, 0.3) is 0 Å². The molecule has 1 aromatic rings. The molecule has 0 aliphatic rings. The third kappa shape index (κ3) is 17.2. The highest BCUT2D eigenvalue weighted by Gasteiger charge is 2.00. The molecule has 2 N–H and O–H groups in total. The summed E-state index contributed by atoms with van der Waals surface area (Å²) in [7, 11) is 0. The van der Waals surface area contributed by atoms with E-state index in [4.69, 9.17) is 0 Å². The van der Waals surface area contributed by atoms with Gasteiger partial charge < -0.3 is 10.6 Å². The van der Waals surface area contributed by atoms with Crippen LogP contribution in [0.2, 0.25) is 0 Å². The van der Waals surface area contributed by atoms with Crippen LogP contribution in [0, 0.1) is 0 Å². The maximum atomic E-state index is 11.8. The van der Waals surface area contributed by atoms with E-state index in [0.717, 1.165) is 25.9 Å². The molecule has 0 aliphatic heterocycles. The molecule has 0 atom stereocenters. The lowest BCUT2D eigenvalue weighted by Crippen LogP contribution is -2.35. The Morgan fingerprint density at radius 1 is 0.690 bits per heavy atom. The van der Waals surface area contributed by atoms with Gasteiger partial charge in [-0.05, 0) is 24.9 Å².